The zero-order valence-corrected chi connectivity index (χ0v) is 45.7. The third kappa shape index (κ3) is 9.84. The topological polar surface area (TPSA) is 41.6 Å². The van der Waals surface area contributed by atoms with Gasteiger partial charge in [0.05, 0.1) is 5.56 Å². The highest BCUT2D eigenvalue weighted by Gasteiger charge is 2.47. The molecule has 4 nitrogen and oxygen atoms in total. The number of carbonyl (C=O) groups is 1. The van der Waals surface area contributed by atoms with Crippen LogP contribution in [-0.2, 0) is 17.2 Å². The number of halogens is 4. The molecular weight excluding hydrogens is 989 g/mol. The van der Waals surface area contributed by atoms with Crippen molar-refractivity contribution in [2.75, 3.05) is 23.3 Å². The summed E-state index contributed by atoms with van der Waals surface area (Å²) in [5.41, 5.74) is 11.4. The van der Waals surface area contributed by atoms with E-state index in [-0.39, 0.29) is 5.91 Å². The lowest BCUT2D eigenvalue weighted by Crippen LogP contribution is -2.36. The number of carbonyl (C=O) groups excluding carboxylic acids is 1. The SMILES string of the molecule is CCCCC[C@H]1CC[C@H](c2ccc(-c3ccc(C(=O)Nc4ccc(C5=CC(c6ccc(F)cc6)(c6ccc(N7CCCCC7)cc6)Oc6c5c5c(c7ccc(C(F)(F)F)cc67)-c6ccc(C)cc6C5(C)C)cc4)cc3)cc2)CC1. The minimum Gasteiger partial charge on any atom is -0.472 e. The normalized spacial score (nSPS) is 19.5. The molecule has 1 amide bonds. The fraction of sp³-hybridized carbons (Fsp3) is 0.310. The van der Waals surface area contributed by atoms with Crippen LogP contribution in [0.4, 0.5) is 28.9 Å². The second-order valence-corrected chi connectivity index (χ2v) is 23.3. The van der Waals surface area contributed by atoms with E-state index in [0.29, 0.717) is 44.8 Å². The molecule has 0 bridgehead atoms. The monoisotopic (exact) mass is 1060 g/mol. The molecule has 1 saturated heterocycles. The molecule has 8 heteroatoms. The van der Waals surface area contributed by atoms with Crippen LogP contribution in [0.5, 0.6) is 5.75 Å². The van der Waals surface area contributed by atoms with Crippen molar-refractivity contribution in [3.05, 3.63) is 225 Å². The fourth-order valence-electron chi connectivity index (χ4n) is 13.5. The predicted molar refractivity (Wildman–Crippen MR) is 314 cm³/mol. The Labute approximate surface area is 462 Å². The minimum absolute atomic E-state index is 0.251. The van der Waals surface area contributed by atoms with E-state index in [2.05, 4.69) is 98.6 Å². The second-order valence-electron chi connectivity index (χ2n) is 23.3. The molecule has 0 aromatic heterocycles. The van der Waals surface area contributed by atoms with Gasteiger partial charge >= 0.3 is 6.18 Å². The predicted octanol–water partition coefficient (Wildman–Crippen LogP) is 19.1. The molecule has 12 rings (SSSR count). The van der Waals surface area contributed by atoms with Crippen LogP contribution in [0.3, 0.4) is 0 Å². The van der Waals surface area contributed by atoms with Gasteiger partial charge in [-0.1, -0.05) is 149 Å². The smallest absolute Gasteiger partial charge is 0.416 e. The molecule has 8 aromatic carbocycles. The molecule has 1 N–H and O–H groups in total. The summed E-state index contributed by atoms with van der Waals surface area (Å²) >= 11 is 0. The van der Waals surface area contributed by atoms with Gasteiger partial charge in [0, 0.05) is 57.5 Å². The van der Waals surface area contributed by atoms with Gasteiger partial charge in [0.25, 0.3) is 5.91 Å². The lowest BCUT2D eigenvalue weighted by Gasteiger charge is -2.41. The van der Waals surface area contributed by atoms with E-state index in [1.165, 1.54) is 87.6 Å². The molecular formula is C71H68F4N2O2. The Kier molecular flexibility index (Phi) is 13.9. The number of alkyl halides is 3. The number of anilines is 2. The molecule has 1 saturated carbocycles. The van der Waals surface area contributed by atoms with Crippen molar-refractivity contribution in [2.45, 2.75) is 121 Å². The number of amides is 1. The lowest BCUT2D eigenvalue weighted by molar-refractivity contribution is -0.137. The van der Waals surface area contributed by atoms with Crippen LogP contribution in [0.25, 0.3) is 38.6 Å². The molecule has 2 aliphatic heterocycles. The Morgan fingerprint density at radius 1 is 0.684 bits per heavy atom. The minimum atomic E-state index is -4.64. The summed E-state index contributed by atoms with van der Waals surface area (Å²) in [5.74, 6) is 1.13. The first-order valence-electron chi connectivity index (χ1n) is 28.7. The Balaban J connectivity index is 0.922. The van der Waals surface area contributed by atoms with Crippen molar-refractivity contribution in [3.8, 4) is 28.0 Å². The Morgan fingerprint density at radius 3 is 1.99 bits per heavy atom. The molecule has 8 aromatic rings. The number of ether oxygens (including phenoxy) is 1. The largest absolute Gasteiger partial charge is 0.472 e. The van der Waals surface area contributed by atoms with Crippen molar-refractivity contribution in [1.29, 1.82) is 0 Å². The summed E-state index contributed by atoms with van der Waals surface area (Å²) in [5, 5.41) is 4.10. The Morgan fingerprint density at radius 2 is 1.33 bits per heavy atom. The van der Waals surface area contributed by atoms with E-state index < -0.39 is 28.6 Å². The van der Waals surface area contributed by atoms with Gasteiger partial charge in [0.15, 0.2) is 5.60 Å². The van der Waals surface area contributed by atoms with Crippen molar-refractivity contribution < 1.29 is 27.1 Å². The molecule has 1 atom stereocenters. The van der Waals surface area contributed by atoms with Crippen LogP contribution < -0.4 is 15.0 Å². The summed E-state index contributed by atoms with van der Waals surface area (Å²) in [4.78, 5) is 16.4. The van der Waals surface area contributed by atoms with Crippen LogP contribution >= 0.6 is 0 Å². The number of hydrogen-bond acceptors (Lipinski definition) is 3. The molecule has 2 fully saturated rings. The zero-order chi connectivity index (χ0) is 54.6. The van der Waals surface area contributed by atoms with E-state index in [1.54, 1.807) is 18.2 Å². The van der Waals surface area contributed by atoms with Gasteiger partial charge in [-0.15, -0.1) is 0 Å². The highest BCUT2D eigenvalue weighted by atomic mass is 19.4. The summed E-state index contributed by atoms with van der Waals surface area (Å²) in [7, 11) is 0. The third-order valence-corrected chi connectivity index (χ3v) is 17.9. The summed E-state index contributed by atoms with van der Waals surface area (Å²) in [6.45, 7) is 10.6. The van der Waals surface area contributed by atoms with Crippen LogP contribution in [0.15, 0.2) is 164 Å². The second kappa shape index (κ2) is 21.0. The number of nitrogens with zero attached hydrogens (tertiary/aromatic N) is 1. The standard InChI is InChI=1S/C71H68F4N2O2/c1-5-6-8-11-46-13-15-47(16-14-46)48-17-19-49(20-18-48)50-21-23-52(24-22-50)68(78)76-57-34-25-51(26-35-57)62-44-70(53-27-32-56(72)33-28-53,54-29-36-58(37-30-54)77-40-9-7-10-41-77)79-67-61-43-55(71(73,74)75)31-39-59(61)64-60-38-12-45(2)42-63(60)69(3,4)66(64)65(62)67/h12,17-39,42-44,46-47H,5-11,13-16,40-41H2,1-4H3,(H,76,78)/t46-,47-,70?. The van der Waals surface area contributed by atoms with Crippen LogP contribution in [0.1, 0.15) is 158 Å². The fourth-order valence-corrected chi connectivity index (χ4v) is 13.5. The van der Waals surface area contributed by atoms with Gasteiger partial charge in [0.1, 0.15) is 11.6 Å². The quantitative estimate of drug-likeness (QED) is 0.0979. The van der Waals surface area contributed by atoms with Crippen molar-refractivity contribution in [2.24, 2.45) is 5.92 Å². The van der Waals surface area contributed by atoms with Gasteiger partial charge < -0.3 is 15.0 Å². The van der Waals surface area contributed by atoms with Gasteiger partial charge in [-0.2, -0.15) is 13.2 Å². The van der Waals surface area contributed by atoms with Crippen LogP contribution in [0.2, 0.25) is 0 Å². The molecule has 0 radical (unpaired) electrons. The summed E-state index contributed by atoms with van der Waals surface area (Å²) in [6, 6.07) is 49.1. The van der Waals surface area contributed by atoms with Crippen molar-refractivity contribution in [3.63, 3.8) is 0 Å². The molecule has 79 heavy (non-hydrogen) atoms. The number of hydrogen-bond donors (Lipinski definition) is 1. The average molecular weight is 1060 g/mol. The number of fused-ring (bicyclic) bond motifs is 8. The van der Waals surface area contributed by atoms with E-state index >= 15 is 4.39 Å². The number of benzene rings is 8. The number of unbranched alkanes of at least 4 members (excludes halogenated alkanes) is 2. The zero-order valence-electron chi connectivity index (χ0n) is 45.7. The summed E-state index contributed by atoms with van der Waals surface area (Å²) in [6.07, 6.45) is 11.4. The van der Waals surface area contributed by atoms with Crippen molar-refractivity contribution in [1.82, 2.24) is 0 Å². The van der Waals surface area contributed by atoms with Crippen LogP contribution in [0, 0.1) is 18.7 Å². The maximum atomic E-state index is 15.0. The maximum Gasteiger partial charge on any atom is 0.416 e. The van der Waals surface area contributed by atoms with Gasteiger partial charge in [-0.3, -0.25) is 4.79 Å². The lowest BCUT2D eigenvalue weighted by atomic mass is 9.73. The van der Waals surface area contributed by atoms with E-state index in [0.717, 1.165) is 93.2 Å². The highest BCUT2D eigenvalue weighted by molar-refractivity contribution is 6.11. The third-order valence-electron chi connectivity index (χ3n) is 17.9. The molecule has 2 aliphatic carbocycles. The first kappa shape index (κ1) is 52.3. The molecule has 4 aliphatic rings. The first-order chi connectivity index (χ1) is 38.2. The summed E-state index contributed by atoms with van der Waals surface area (Å²) < 4.78 is 67.5. The number of piperidine rings is 1. The van der Waals surface area contributed by atoms with E-state index in [9.17, 15) is 18.0 Å². The highest BCUT2D eigenvalue weighted by Crippen LogP contribution is 2.61. The van der Waals surface area contributed by atoms with Gasteiger partial charge in [-0.05, 0) is 186 Å². The average Bonchev–Trinajstić information content (AvgIpc) is 3.26. The Bertz CT molecular complexity index is 3580. The maximum absolute atomic E-state index is 15.0. The van der Waals surface area contributed by atoms with Gasteiger partial charge in [0.2, 0.25) is 0 Å². The molecule has 1 unspecified atom stereocenters. The van der Waals surface area contributed by atoms with Crippen molar-refractivity contribution >= 4 is 33.6 Å². The van der Waals surface area contributed by atoms with Gasteiger partial charge in [-0.25, -0.2) is 4.39 Å². The molecule has 0 spiro atoms. The number of rotatable bonds is 12. The molecule has 402 valence electrons. The van der Waals surface area contributed by atoms with E-state index in [1.807, 2.05) is 60.7 Å². The number of nitrogens with one attached hydrogen (secondary N) is 1. The number of aryl methyl sites for hydroxylation is 1. The Hall–Kier alpha value is -7.45. The first-order valence-corrected chi connectivity index (χ1v) is 28.7. The van der Waals surface area contributed by atoms with Crippen LogP contribution in [-0.4, -0.2) is 19.0 Å². The van der Waals surface area contributed by atoms with E-state index in [4.69, 9.17) is 4.74 Å². The molecule has 2 heterocycles.